The molecule has 143 heavy (non-hydrogen) atoms. The first kappa shape index (κ1) is 93.6. The number of hydrogen-bond donors (Lipinski definition) is 10. The van der Waals surface area contributed by atoms with Crippen molar-refractivity contribution in [3.05, 3.63) is 475 Å². The van der Waals surface area contributed by atoms with Gasteiger partial charge in [0.05, 0.1) is 0 Å². The number of phenolic OH excluding ortho intramolecular Hbond substituents is 3. The Balaban J connectivity index is 0.000000136. The molecule has 5 heterocycles. The van der Waals surface area contributed by atoms with Gasteiger partial charge in [0.2, 0.25) is 24.5 Å². The summed E-state index contributed by atoms with van der Waals surface area (Å²) in [7, 11) is 0. The number of fused-ring (bicyclic) bond motifs is 7. The summed E-state index contributed by atoms with van der Waals surface area (Å²) in [6, 6.07) is 125. The van der Waals surface area contributed by atoms with Gasteiger partial charge in [0.25, 0.3) is 17.7 Å². The van der Waals surface area contributed by atoms with Crippen LogP contribution < -0.4 is 41.4 Å². The summed E-state index contributed by atoms with van der Waals surface area (Å²) in [5.41, 5.74) is 16.2. The van der Waals surface area contributed by atoms with Crippen LogP contribution in [0, 0.1) is 0 Å². The second kappa shape index (κ2) is 44.0. The number of pyridine rings is 3. The molecule has 20 aromatic rings. The van der Waals surface area contributed by atoms with Crippen molar-refractivity contribution in [3.8, 4) is 62.1 Å². The topological polar surface area (TPSA) is 308 Å². The third-order valence-corrected chi connectivity index (χ3v) is 25.8. The Morgan fingerprint density at radius 2 is 0.720 bits per heavy atom. The molecular weight excluding hydrogens is 1780 g/mol. The Morgan fingerprint density at radius 3 is 1.20 bits per heavy atom. The average Bonchev–Trinajstić information content (AvgIpc) is 1.64. The van der Waals surface area contributed by atoms with E-state index in [1.807, 2.05) is 249 Å². The maximum atomic E-state index is 14.0. The maximum Gasteiger partial charge on any atom is 0.251 e. The van der Waals surface area contributed by atoms with Gasteiger partial charge in [0, 0.05) is 119 Å². The van der Waals surface area contributed by atoms with Gasteiger partial charge < -0.3 is 61.7 Å². The Bertz CT molecular complexity index is 7930. The summed E-state index contributed by atoms with van der Waals surface area (Å²) < 4.78 is 10.8. The number of hydrogen-bond acceptors (Lipinski definition) is 14. The number of carbonyl (C=O) groups is 6. The number of anilines is 1. The molecule has 0 radical (unpaired) electrons. The summed E-state index contributed by atoms with van der Waals surface area (Å²) in [5, 5.41) is 57.7. The molecule has 3 atom stereocenters. The zero-order chi connectivity index (χ0) is 97.9. The molecule has 10 N–H and O–H groups in total. The predicted molar refractivity (Wildman–Crippen MR) is 564 cm³/mol. The zero-order valence-corrected chi connectivity index (χ0v) is 77.8. The van der Waals surface area contributed by atoms with Gasteiger partial charge in [-0.15, -0.1) is 0 Å². The van der Waals surface area contributed by atoms with Gasteiger partial charge in [-0.25, -0.2) is 0 Å². The normalized spacial score (nSPS) is 12.1. The molecule has 704 valence electrons. The fourth-order valence-electron chi connectivity index (χ4n) is 18.6. The number of aromatic nitrogens is 4. The number of ether oxygens (including phenoxy) is 2. The molecule has 16 aromatic carbocycles. The van der Waals surface area contributed by atoms with Gasteiger partial charge in [-0.2, -0.15) is 0 Å². The summed E-state index contributed by atoms with van der Waals surface area (Å²) in [4.78, 5) is 98.9. The number of amides is 6. The van der Waals surface area contributed by atoms with Crippen LogP contribution in [-0.2, 0) is 33.6 Å². The van der Waals surface area contributed by atoms with Crippen LogP contribution in [0.1, 0.15) is 94.8 Å². The number of H-pyrrole nitrogens is 1. The predicted octanol–water partition coefficient (Wildman–Crippen LogP) is 22.7. The highest BCUT2D eigenvalue weighted by atomic mass is 16.7. The summed E-state index contributed by atoms with van der Waals surface area (Å²) in [6.07, 6.45) is 7.20. The van der Waals surface area contributed by atoms with Crippen molar-refractivity contribution < 1.29 is 53.6 Å². The Hall–Kier alpha value is -18.4. The standard InChI is InChI=1S/2C44H37N3O3.C34H26N4O5/c48-41-29-37(27-35-21-11-24-45-42(35)41)33-18-10-20-36(26-33)43(49)47-40(28-34-19-9-17-32-16-7-8-22-38(32)34)44(50)46-25-23-39(30-12-3-1-4-13-30)31-14-5-2-6-15-31;48-41-29-38(28-36-19-10-23-45-42(36)41)35-17-9-18-37(27-35)43(49)47-40(26-30-20-21-31-11-7-8-16-34(31)25-30)44(50)46-24-22-39(32-12-3-1-4-13-32)33-14-5-2-6-15-33;39-29-16-24(14-22-8-4-12-35-32(22)29)20-6-3-7-23(13-20)33(40)38-28(17-26-15-21-5-1-2-9-27(21)36-26)34(41)37-25-10-11-30-31(18-25)43-19-42-30/h1-22,24,26-27,29,39-40,48H,23,25,28H2,(H,46,50)(H,47,49);1-21,23,25,27-29,39-40,48H,22,24,26H2,(H,46,50)(H,47,49);1-16,18,28,36,39H,17,19H2,(H,37,41)(H,38,40)/t2*40-;/m00./s1. The molecule has 0 fully saturated rings. The molecule has 21 rings (SSSR count). The van der Waals surface area contributed by atoms with Crippen molar-refractivity contribution in [2.75, 3.05) is 25.2 Å². The lowest BCUT2D eigenvalue weighted by Crippen LogP contribution is -2.48. The minimum Gasteiger partial charge on any atom is -0.506 e. The first-order chi connectivity index (χ1) is 70.0. The highest BCUT2D eigenvalue weighted by Crippen LogP contribution is 2.39. The maximum absolute atomic E-state index is 14.0. The van der Waals surface area contributed by atoms with Crippen molar-refractivity contribution in [1.29, 1.82) is 0 Å². The van der Waals surface area contributed by atoms with E-state index in [0.717, 1.165) is 98.8 Å². The lowest BCUT2D eigenvalue weighted by molar-refractivity contribution is -0.123. The average molecular weight is 1880 g/mol. The number of nitrogens with one attached hydrogen (secondary N) is 7. The second-order valence-electron chi connectivity index (χ2n) is 35.3. The summed E-state index contributed by atoms with van der Waals surface area (Å²) in [6.45, 7) is 0.999. The molecule has 0 bridgehead atoms. The number of para-hydroxylation sites is 1. The van der Waals surface area contributed by atoms with Gasteiger partial charge in [0.1, 0.15) is 51.9 Å². The number of rotatable bonds is 29. The number of phenols is 3. The van der Waals surface area contributed by atoms with E-state index in [1.165, 1.54) is 22.3 Å². The monoisotopic (exact) mass is 1880 g/mol. The quantitative estimate of drug-likeness (QED) is 0.0209. The SMILES string of the molecule is O=C(NC(Cc1cc2ccccc2[nH]1)C(=O)Nc1ccc2c(c1)OCO2)c1cccc(-c2cc(O)c3ncccc3c2)c1.O=C(N[C@@H](Cc1ccc2ccccc2c1)C(=O)NCCC(c1ccccc1)c1ccccc1)c1cccc(-c2cc(O)c3ncccc3c2)c1.O=C(N[C@@H](Cc1cccc2ccccc12)C(=O)NCCC(c1ccccc1)c1ccccc1)c1cccc(-c2cc(O)c3ncccc3c2)c1. The molecule has 6 amide bonds. The molecule has 0 aliphatic carbocycles. The molecule has 21 heteroatoms. The van der Waals surface area contributed by atoms with E-state index in [0.29, 0.717) is 89.2 Å². The van der Waals surface area contributed by atoms with Gasteiger partial charge in [-0.05, 0) is 222 Å². The molecule has 21 nitrogen and oxygen atoms in total. The molecular formula is C122H100N10O11. The van der Waals surface area contributed by atoms with Crippen LogP contribution in [0.25, 0.3) is 98.5 Å². The van der Waals surface area contributed by atoms with Crippen LogP contribution in [0.2, 0.25) is 0 Å². The number of aromatic amines is 1. The third-order valence-electron chi connectivity index (χ3n) is 25.8. The Kier molecular flexibility index (Phi) is 28.8. The van der Waals surface area contributed by atoms with Gasteiger partial charge in [0.15, 0.2) is 11.5 Å². The van der Waals surface area contributed by atoms with E-state index in [-0.39, 0.29) is 71.8 Å². The van der Waals surface area contributed by atoms with Crippen LogP contribution in [0.15, 0.2) is 419 Å². The van der Waals surface area contributed by atoms with Crippen molar-refractivity contribution in [2.24, 2.45) is 0 Å². The van der Waals surface area contributed by atoms with E-state index in [9.17, 15) is 44.1 Å². The third kappa shape index (κ3) is 22.7. The van der Waals surface area contributed by atoms with Crippen molar-refractivity contribution in [1.82, 2.24) is 46.5 Å². The highest BCUT2D eigenvalue weighted by Gasteiger charge is 2.30. The van der Waals surface area contributed by atoms with Gasteiger partial charge >= 0.3 is 0 Å². The number of benzene rings is 16. The fraction of sp³-hybridized carbons (Fsp3) is 0.107. The minimum atomic E-state index is -0.898. The van der Waals surface area contributed by atoms with Crippen LogP contribution in [0.4, 0.5) is 5.69 Å². The van der Waals surface area contributed by atoms with Crippen molar-refractivity contribution >= 4 is 106 Å². The lowest BCUT2D eigenvalue weighted by Gasteiger charge is -2.22. The molecule has 1 unspecified atom stereocenters. The van der Waals surface area contributed by atoms with E-state index in [2.05, 4.69) is 113 Å². The minimum absolute atomic E-state index is 0.0570. The first-order valence-corrected chi connectivity index (χ1v) is 47.5. The largest absolute Gasteiger partial charge is 0.506 e. The first-order valence-electron chi connectivity index (χ1n) is 47.5. The van der Waals surface area contributed by atoms with Crippen LogP contribution in [0.3, 0.4) is 0 Å². The van der Waals surface area contributed by atoms with Crippen molar-refractivity contribution in [3.63, 3.8) is 0 Å². The summed E-state index contributed by atoms with van der Waals surface area (Å²) in [5.74, 6) is -0.413. The number of aromatic hydroxyl groups is 3. The van der Waals surface area contributed by atoms with Crippen LogP contribution in [0.5, 0.6) is 28.7 Å². The Labute approximate surface area is 825 Å². The highest BCUT2D eigenvalue weighted by molar-refractivity contribution is 6.04. The molecule has 4 aromatic heterocycles. The van der Waals surface area contributed by atoms with Crippen LogP contribution >= 0.6 is 0 Å². The van der Waals surface area contributed by atoms with Gasteiger partial charge in [-0.3, -0.25) is 43.7 Å². The number of carbonyl (C=O) groups excluding carboxylic acids is 6. The summed E-state index contributed by atoms with van der Waals surface area (Å²) >= 11 is 0. The van der Waals surface area contributed by atoms with E-state index < -0.39 is 24.0 Å². The number of nitrogens with zero attached hydrogens (tertiary/aromatic N) is 3. The lowest BCUT2D eigenvalue weighted by atomic mass is 9.88. The molecule has 0 saturated carbocycles. The Morgan fingerprint density at radius 1 is 0.315 bits per heavy atom. The van der Waals surface area contributed by atoms with E-state index >= 15 is 0 Å². The second-order valence-corrected chi connectivity index (χ2v) is 35.3. The van der Waals surface area contributed by atoms with Crippen LogP contribution in [-0.4, -0.2) is 109 Å². The molecule has 0 spiro atoms. The smallest absolute Gasteiger partial charge is 0.251 e. The molecule has 1 aliphatic rings. The van der Waals surface area contributed by atoms with E-state index in [4.69, 9.17) is 9.47 Å². The van der Waals surface area contributed by atoms with Gasteiger partial charge in [-0.1, -0.05) is 279 Å². The fourth-order valence-corrected chi connectivity index (χ4v) is 18.6. The van der Waals surface area contributed by atoms with Crippen molar-refractivity contribution in [2.45, 2.75) is 62.1 Å². The molecule has 0 saturated heterocycles. The molecule has 1 aliphatic heterocycles. The zero-order valence-electron chi connectivity index (χ0n) is 77.8. The van der Waals surface area contributed by atoms with E-state index in [1.54, 1.807) is 110 Å².